The van der Waals surface area contributed by atoms with E-state index in [-0.39, 0.29) is 24.1 Å². The van der Waals surface area contributed by atoms with Gasteiger partial charge in [-0.1, -0.05) is 6.07 Å². The van der Waals surface area contributed by atoms with Crippen LogP contribution in [0.15, 0.2) is 36.5 Å². The van der Waals surface area contributed by atoms with Gasteiger partial charge in [0.05, 0.1) is 22.3 Å². The first kappa shape index (κ1) is 20.1. The maximum atomic E-state index is 14.8. The molecule has 28 heavy (non-hydrogen) atoms. The van der Waals surface area contributed by atoms with Crippen molar-refractivity contribution in [2.45, 2.75) is 19.8 Å². The lowest BCUT2D eigenvalue weighted by molar-refractivity contribution is 0.103. The molecule has 3 rings (SSSR count). The van der Waals surface area contributed by atoms with Crippen LogP contribution in [0.2, 0.25) is 0 Å². The molecule has 0 spiro atoms. The smallest absolute Gasteiger partial charge is 0.231 e. The number of fused-ring (bicyclic) bond motifs is 1. The summed E-state index contributed by atoms with van der Waals surface area (Å²) >= 11 is -2.15. The lowest BCUT2D eigenvalue weighted by atomic mass is 9.97. The molecule has 1 heterocycles. The third-order valence-electron chi connectivity index (χ3n) is 4.17. The average molecular weight is 405 g/mol. The van der Waals surface area contributed by atoms with E-state index >= 15 is 0 Å². The molecule has 0 saturated heterocycles. The minimum atomic E-state index is -2.15. The quantitative estimate of drug-likeness (QED) is 0.358. The molecular weight excluding hydrogens is 388 g/mol. The van der Waals surface area contributed by atoms with Gasteiger partial charge >= 0.3 is 0 Å². The molecule has 0 bridgehead atoms. The third-order valence-corrected chi connectivity index (χ3v) is 4.62. The summed E-state index contributed by atoms with van der Waals surface area (Å²) in [5.74, 6) is -2.65. The van der Waals surface area contributed by atoms with E-state index in [9.17, 15) is 17.8 Å². The van der Waals surface area contributed by atoms with Gasteiger partial charge < -0.3 is 0 Å². The molecule has 0 saturated carbocycles. The van der Waals surface area contributed by atoms with Gasteiger partial charge in [0, 0.05) is 18.3 Å². The molecule has 146 valence electrons. The number of hydrogen-bond donors (Lipinski definition) is 2. The van der Waals surface area contributed by atoms with Gasteiger partial charge in [0.15, 0.2) is 5.78 Å². The molecule has 1 atom stereocenters. The van der Waals surface area contributed by atoms with Gasteiger partial charge in [0.1, 0.15) is 11.6 Å². The monoisotopic (exact) mass is 405 g/mol. The summed E-state index contributed by atoms with van der Waals surface area (Å²) in [4.78, 5) is 21.2. The van der Waals surface area contributed by atoms with Crippen molar-refractivity contribution in [3.63, 3.8) is 0 Å². The molecular formula is C19H17F2N3O3S. The zero-order valence-electron chi connectivity index (χ0n) is 14.9. The summed E-state index contributed by atoms with van der Waals surface area (Å²) in [6, 6.07) is 6.82. The minimum Gasteiger partial charge on any atom is -0.294 e. The Hall–Kier alpha value is -2.62. The van der Waals surface area contributed by atoms with E-state index in [1.54, 1.807) is 19.2 Å². The van der Waals surface area contributed by atoms with E-state index < -0.39 is 34.2 Å². The normalized spacial score (nSPS) is 12.3. The second kappa shape index (κ2) is 8.59. The van der Waals surface area contributed by atoms with Gasteiger partial charge in [0.25, 0.3) is 0 Å². The van der Waals surface area contributed by atoms with E-state index in [0.717, 1.165) is 6.07 Å². The van der Waals surface area contributed by atoms with Crippen molar-refractivity contribution in [2.75, 3.05) is 6.54 Å². The number of hydrogen-bond acceptors (Lipinski definition) is 4. The van der Waals surface area contributed by atoms with Gasteiger partial charge in [-0.05, 0) is 49.6 Å². The Bertz CT molecular complexity index is 1080. The number of aryl methyl sites for hydroxylation is 2. The van der Waals surface area contributed by atoms with Crippen LogP contribution in [0.4, 0.5) is 8.78 Å². The molecule has 0 aliphatic carbocycles. The first-order valence-electron chi connectivity index (χ1n) is 8.46. The number of benzene rings is 2. The number of nitrogens with one attached hydrogen (secondary N) is 1. The zero-order valence-corrected chi connectivity index (χ0v) is 15.7. The molecule has 1 aromatic heterocycles. The maximum absolute atomic E-state index is 14.8. The van der Waals surface area contributed by atoms with E-state index in [2.05, 4.69) is 14.7 Å². The Morgan fingerprint density at radius 2 is 2.00 bits per heavy atom. The van der Waals surface area contributed by atoms with Crippen LogP contribution in [0.3, 0.4) is 0 Å². The number of halogens is 2. The fourth-order valence-corrected chi connectivity index (χ4v) is 3.14. The third kappa shape index (κ3) is 4.44. The van der Waals surface area contributed by atoms with Gasteiger partial charge in [-0.3, -0.25) is 14.3 Å². The minimum absolute atomic E-state index is 0.111. The Balaban J connectivity index is 1.90. The molecule has 0 amide bonds. The van der Waals surface area contributed by atoms with Crippen molar-refractivity contribution in [1.82, 2.24) is 14.7 Å². The molecule has 3 aromatic rings. The van der Waals surface area contributed by atoms with E-state index in [4.69, 9.17) is 4.55 Å². The molecule has 1 unspecified atom stereocenters. The van der Waals surface area contributed by atoms with E-state index in [1.165, 1.54) is 18.2 Å². The molecule has 0 aliphatic rings. The highest BCUT2D eigenvalue weighted by atomic mass is 32.2. The van der Waals surface area contributed by atoms with Crippen molar-refractivity contribution in [2.24, 2.45) is 0 Å². The highest BCUT2D eigenvalue weighted by molar-refractivity contribution is 7.77. The van der Waals surface area contributed by atoms with Crippen LogP contribution in [0, 0.1) is 18.6 Å². The second-order valence-corrected chi connectivity index (χ2v) is 6.97. The van der Waals surface area contributed by atoms with Crippen molar-refractivity contribution >= 4 is 28.1 Å². The van der Waals surface area contributed by atoms with E-state index in [1.807, 2.05) is 0 Å². The number of nitrogens with zero attached hydrogens (tertiary/aromatic N) is 2. The summed E-state index contributed by atoms with van der Waals surface area (Å²) in [6.45, 7) is 1.93. The summed E-state index contributed by atoms with van der Waals surface area (Å²) < 4.78 is 50.6. The van der Waals surface area contributed by atoms with Crippen molar-refractivity contribution in [3.8, 4) is 0 Å². The van der Waals surface area contributed by atoms with Crippen LogP contribution >= 0.6 is 0 Å². The first-order chi connectivity index (χ1) is 13.4. The number of ketones is 1. The average Bonchev–Trinajstić information content (AvgIpc) is 2.65. The fourth-order valence-electron chi connectivity index (χ4n) is 2.82. The summed E-state index contributed by atoms with van der Waals surface area (Å²) in [6.07, 6.45) is 2.11. The summed E-state index contributed by atoms with van der Waals surface area (Å²) in [5.41, 5.74) is 1.34. The predicted octanol–water partition coefficient (Wildman–Crippen LogP) is 3.11. The van der Waals surface area contributed by atoms with Crippen LogP contribution in [0.5, 0.6) is 0 Å². The van der Waals surface area contributed by atoms with Gasteiger partial charge in [0.2, 0.25) is 11.3 Å². The highest BCUT2D eigenvalue weighted by Gasteiger charge is 2.22. The van der Waals surface area contributed by atoms with Crippen molar-refractivity contribution < 1.29 is 22.3 Å². The number of carbonyl (C=O) groups is 1. The molecule has 0 aliphatic heterocycles. The molecule has 0 fully saturated rings. The van der Waals surface area contributed by atoms with Crippen LogP contribution < -0.4 is 4.72 Å². The number of rotatable bonds is 7. The van der Waals surface area contributed by atoms with E-state index in [0.29, 0.717) is 23.1 Å². The number of carbonyl (C=O) groups excluding carboxylic acids is 1. The number of aromatic nitrogens is 2. The Kier molecular flexibility index (Phi) is 6.18. The Labute approximate surface area is 162 Å². The molecule has 2 N–H and O–H groups in total. The van der Waals surface area contributed by atoms with Gasteiger partial charge in [-0.25, -0.2) is 22.7 Å². The van der Waals surface area contributed by atoms with Crippen molar-refractivity contribution in [1.29, 1.82) is 0 Å². The van der Waals surface area contributed by atoms with Crippen LogP contribution in [0.25, 0.3) is 11.0 Å². The van der Waals surface area contributed by atoms with Gasteiger partial charge in [-0.2, -0.15) is 0 Å². The van der Waals surface area contributed by atoms with Gasteiger partial charge in [-0.15, -0.1) is 0 Å². The van der Waals surface area contributed by atoms with Crippen LogP contribution in [0.1, 0.15) is 33.6 Å². The Morgan fingerprint density at radius 3 is 2.75 bits per heavy atom. The maximum Gasteiger partial charge on any atom is 0.231 e. The van der Waals surface area contributed by atoms with Crippen molar-refractivity contribution in [3.05, 3.63) is 70.5 Å². The molecule has 9 heteroatoms. The lowest BCUT2D eigenvalue weighted by Crippen LogP contribution is -2.18. The lowest BCUT2D eigenvalue weighted by Gasteiger charge is -2.10. The standard InChI is InChI=1S/C19H17F2N3O3S/c1-11-10-22-15-7-5-13(9-16(15)24-11)19(25)17-14(20)6-4-12(18(17)21)3-2-8-23-28(26)27/h4-7,9-10,23H,2-3,8H2,1H3,(H,26,27). The SMILES string of the molecule is Cc1cnc2ccc(C(=O)c3c(F)ccc(CCCNS(=O)O)c3F)cc2n1. The molecule has 0 radical (unpaired) electrons. The highest BCUT2D eigenvalue weighted by Crippen LogP contribution is 2.23. The largest absolute Gasteiger partial charge is 0.294 e. The van der Waals surface area contributed by atoms with Crippen LogP contribution in [-0.2, 0) is 17.7 Å². The second-order valence-electron chi connectivity index (χ2n) is 6.19. The molecule has 2 aromatic carbocycles. The topological polar surface area (TPSA) is 92.2 Å². The molecule has 6 nitrogen and oxygen atoms in total. The Morgan fingerprint density at radius 1 is 1.21 bits per heavy atom. The first-order valence-corrected chi connectivity index (χ1v) is 9.57. The summed E-state index contributed by atoms with van der Waals surface area (Å²) in [5, 5.41) is 0. The fraction of sp³-hybridized carbons (Fsp3) is 0.211. The predicted molar refractivity (Wildman–Crippen MR) is 101 cm³/mol. The zero-order chi connectivity index (χ0) is 20.3. The van der Waals surface area contributed by atoms with Crippen LogP contribution in [-0.4, -0.2) is 31.1 Å². The summed E-state index contributed by atoms with van der Waals surface area (Å²) in [7, 11) is 0.